The Labute approximate surface area is 312 Å². The lowest BCUT2D eigenvalue weighted by Crippen LogP contribution is -2.01. The highest BCUT2D eigenvalue weighted by molar-refractivity contribution is 7.26. The van der Waals surface area contributed by atoms with Gasteiger partial charge in [-0.15, -0.1) is 11.3 Å². The summed E-state index contributed by atoms with van der Waals surface area (Å²) < 4.78 is 9.00. The van der Waals surface area contributed by atoms with Gasteiger partial charge in [-0.3, -0.25) is 0 Å². The monoisotopic (exact) mass is 705 g/mol. The molecule has 0 amide bonds. The van der Waals surface area contributed by atoms with Gasteiger partial charge in [0, 0.05) is 47.5 Å². The van der Waals surface area contributed by atoms with Crippen LogP contribution in [0, 0.1) is 0 Å². The molecule has 0 atom stereocenters. The normalized spacial score (nSPS) is 12.1. The van der Waals surface area contributed by atoms with Gasteiger partial charge in [-0.25, -0.2) is 15.0 Å². The Hall–Kier alpha value is -6.95. The summed E-state index contributed by atoms with van der Waals surface area (Å²) >= 11 is 1.83. The first-order valence-electron chi connectivity index (χ1n) is 18.1. The third-order valence-electron chi connectivity index (χ3n) is 10.9. The minimum absolute atomic E-state index is 0.573. The van der Waals surface area contributed by atoms with Crippen molar-refractivity contribution in [2.45, 2.75) is 0 Å². The molecule has 250 valence electrons. The summed E-state index contributed by atoms with van der Waals surface area (Å²) in [5.74, 6) is 1.82. The molecule has 0 spiro atoms. The molecular weight excluding hydrogens is 679 g/mol. The summed E-state index contributed by atoms with van der Waals surface area (Å²) in [4.78, 5) is 16.1. The van der Waals surface area contributed by atoms with E-state index in [1.165, 1.54) is 52.5 Å². The molecule has 0 saturated carbocycles. The number of rotatable bonds is 3. The number of hydrogen-bond acceptors (Lipinski definition) is 5. The zero-order chi connectivity index (χ0) is 35.3. The number of thiophene rings is 1. The fourth-order valence-corrected chi connectivity index (χ4v) is 9.66. The van der Waals surface area contributed by atoms with E-state index in [1.807, 2.05) is 47.7 Å². The molecule has 54 heavy (non-hydrogen) atoms. The number of para-hydroxylation sites is 2. The molecule has 9 aromatic carbocycles. The van der Waals surface area contributed by atoms with Gasteiger partial charge in [0.15, 0.2) is 17.5 Å². The van der Waals surface area contributed by atoms with Crippen molar-refractivity contribution in [1.82, 2.24) is 15.0 Å². The molecule has 0 aliphatic heterocycles. The van der Waals surface area contributed by atoms with Crippen molar-refractivity contribution in [3.8, 4) is 34.2 Å². The Morgan fingerprint density at radius 3 is 1.81 bits per heavy atom. The minimum atomic E-state index is 0.573. The summed E-state index contributed by atoms with van der Waals surface area (Å²) in [5, 5.41) is 14.0. The average molecular weight is 706 g/mol. The first-order valence-corrected chi connectivity index (χ1v) is 18.9. The van der Waals surface area contributed by atoms with Gasteiger partial charge >= 0.3 is 0 Å². The Bertz CT molecular complexity index is 3510. The molecule has 3 heterocycles. The van der Waals surface area contributed by atoms with Gasteiger partial charge in [0.1, 0.15) is 11.2 Å². The molecule has 12 aromatic rings. The van der Waals surface area contributed by atoms with Crippen LogP contribution in [0.25, 0.3) is 119 Å². The Kier molecular flexibility index (Phi) is 6.18. The molecule has 5 heteroatoms. The zero-order valence-electron chi connectivity index (χ0n) is 28.7. The molecule has 0 fully saturated rings. The molecule has 0 aliphatic rings. The third kappa shape index (κ3) is 4.27. The predicted molar refractivity (Wildman–Crippen MR) is 226 cm³/mol. The van der Waals surface area contributed by atoms with E-state index in [4.69, 9.17) is 19.4 Å². The SMILES string of the molecule is c1ccc(-c2nc(-c3cccc4c3oc3ccccc34)nc(-c3c4c(cc5c6ccccc6c6ccccc6c35)sc3cc5ccccc5cc34)n2)cc1. The van der Waals surface area contributed by atoms with Crippen molar-refractivity contribution in [3.63, 3.8) is 0 Å². The van der Waals surface area contributed by atoms with Gasteiger partial charge in [-0.05, 0) is 68.0 Å². The Morgan fingerprint density at radius 1 is 0.389 bits per heavy atom. The van der Waals surface area contributed by atoms with E-state index < -0.39 is 0 Å². The van der Waals surface area contributed by atoms with Gasteiger partial charge < -0.3 is 4.42 Å². The lowest BCUT2D eigenvalue weighted by Gasteiger charge is -2.16. The van der Waals surface area contributed by atoms with Crippen LogP contribution in [0.1, 0.15) is 0 Å². The van der Waals surface area contributed by atoms with E-state index in [2.05, 4.69) is 127 Å². The smallest absolute Gasteiger partial charge is 0.167 e. The first kappa shape index (κ1) is 29.6. The molecule has 12 rings (SSSR count). The highest BCUT2D eigenvalue weighted by atomic mass is 32.1. The van der Waals surface area contributed by atoms with Crippen molar-refractivity contribution in [1.29, 1.82) is 0 Å². The van der Waals surface area contributed by atoms with E-state index >= 15 is 0 Å². The van der Waals surface area contributed by atoms with Gasteiger partial charge in [-0.2, -0.15) is 0 Å². The van der Waals surface area contributed by atoms with Crippen LogP contribution in [-0.2, 0) is 0 Å². The topological polar surface area (TPSA) is 51.8 Å². The largest absolute Gasteiger partial charge is 0.455 e. The standard InChI is InChI=1S/C49H27N3OS/c1-2-13-28(14-3-1)47-50-48(37-23-12-22-36-34-20-10-11-24-40(34)53-46(36)37)52-49(51-47)45-43-35-21-9-8-18-32(35)31-17-6-7-19-33(31)38(43)27-42-44(45)39-25-29-15-4-5-16-30(29)26-41(39)54-42/h1-27H. The van der Waals surface area contributed by atoms with Crippen LogP contribution in [-0.4, -0.2) is 15.0 Å². The molecule has 0 saturated heterocycles. The predicted octanol–water partition coefficient (Wildman–Crippen LogP) is 13.8. The molecule has 0 radical (unpaired) electrons. The Balaban J connectivity index is 1.29. The van der Waals surface area contributed by atoms with Crippen molar-refractivity contribution in [2.75, 3.05) is 0 Å². The fourth-order valence-electron chi connectivity index (χ4n) is 8.48. The minimum Gasteiger partial charge on any atom is -0.455 e. The van der Waals surface area contributed by atoms with Crippen LogP contribution in [0.5, 0.6) is 0 Å². The molecule has 0 bridgehead atoms. The zero-order valence-corrected chi connectivity index (χ0v) is 29.6. The summed E-state index contributed by atoms with van der Waals surface area (Å²) in [6.07, 6.45) is 0. The highest BCUT2D eigenvalue weighted by Gasteiger charge is 2.24. The summed E-state index contributed by atoms with van der Waals surface area (Å²) in [7, 11) is 0. The van der Waals surface area contributed by atoms with E-state index in [-0.39, 0.29) is 0 Å². The van der Waals surface area contributed by atoms with Gasteiger partial charge in [0.2, 0.25) is 0 Å². The second-order valence-corrected chi connectivity index (χ2v) is 15.0. The average Bonchev–Trinajstić information content (AvgIpc) is 3.80. The molecular formula is C49H27N3OS. The number of furan rings is 1. The summed E-state index contributed by atoms with van der Waals surface area (Å²) in [6.45, 7) is 0. The maximum atomic E-state index is 6.56. The molecule has 0 aliphatic carbocycles. The fraction of sp³-hybridized carbons (Fsp3) is 0. The number of nitrogens with zero attached hydrogens (tertiary/aromatic N) is 3. The third-order valence-corrected chi connectivity index (χ3v) is 12.0. The maximum Gasteiger partial charge on any atom is 0.167 e. The van der Waals surface area contributed by atoms with Crippen molar-refractivity contribution in [3.05, 3.63) is 164 Å². The van der Waals surface area contributed by atoms with Crippen molar-refractivity contribution >= 4 is 96.5 Å². The summed E-state index contributed by atoms with van der Waals surface area (Å²) in [5.41, 5.74) is 4.37. The summed E-state index contributed by atoms with van der Waals surface area (Å²) in [6, 6.07) is 57.8. The van der Waals surface area contributed by atoms with Crippen LogP contribution in [0.15, 0.2) is 168 Å². The number of hydrogen-bond donors (Lipinski definition) is 0. The second kappa shape index (κ2) is 11.3. The maximum absolute atomic E-state index is 6.56. The first-order chi connectivity index (χ1) is 26.8. The molecule has 0 unspecified atom stereocenters. The van der Waals surface area contributed by atoms with Gasteiger partial charge in [0.25, 0.3) is 0 Å². The Morgan fingerprint density at radius 2 is 1.00 bits per heavy atom. The molecule has 4 nitrogen and oxygen atoms in total. The quantitative estimate of drug-likeness (QED) is 0.172. The van der Waals surface area contributed by atoms with Crippen LogP contribution in [0.4, 0.5) is 0 Å². The lowest BCUT2D eigenvalue weighted by atomic mass is 9.89. The van der Waals surface area contributed by atoms with Crippen molar-refractivity contribution in [2.24, 2.45) is 0 Å². The second-order valence-electron chi connectivity index (χ2n) is 13.9. The number of aromatic nitrogens is 3. The van der Waals surface area contributed by atoms with Crippen LogP contribution in [0.2, 0.25) is 0 Å². The van der Waals surface area contributed by atoms with Crippen LogP contribution < -0.4 is 0 Å². The van der Waals surface area contributed by atoms with Crippen molar-refractivity contribution < 1.29 is 4.42 Å². The van der Waals surface area contributed by atoms with Crippen LogP contribution in [0.3, 0.4) is 0 Å². The lowest BCUT2D eigenvalue weighted by molar-refractivity contribution is 0.669. The van der Waals surface area contributed by atoms with E-state index in [0.717, 1.165) is 49.4 Å². The molecule has 3 aromatic heterocycles. The number of benzene rings is 9. The van der Waals surface area contributed by atoms with Gasteiger partial charge in [0.05, 0.1) is 5.56 Å². The highest BCUT2D eigenvalue weighted by Crippen LogP contribution is 2.49. The van der Waals surface area contributed by atoms with E-state index in [0.29, 0.717) is 17.5 Å². The number of fused-ring (bicyclic) bond motifs is 13. The van der Waals surface area contributed by atoms with E-state index in [1.54, 1.807) is 0 Å². The molecule has 0 N–H and O–H groups in total. The van der Waals surface area contributed by atoms with E-state index in [9.17, 15) is 0 Å². The van der Waals surface area contributed by atoms with Gasteiger partial charge in [-0.1, -0.05) is 133 Å². The van der Waals surface area contributed by atoms with Crippen LogP contribution >= 0.6 is 11.3 Å².